The quantitative estimate of drug-likeness (QED) is 0.138. The summed E-state index contributed by atoms with van der Waals surface area (Å²) in [7, 11) is 0. The molecular formula is C33H33Cl2N3O3. The lowest BCUT2D eigenvalue weighted by molar-refractivity contribution is 0.267. The molecule has 8 heteroatoms. The minimum absolute atomic E-state index is 0.162. The van der Waals surface area contributed by atoms with Crippen molar-refractivity contribution in [3.8, 4) is 11.5 Å². The van der Waals surface area contributed by atoms with Crippen LogP contribution in [0.5, 0.6) is 11.5 Å². The van der Waals surface area contributed by atoms with Crippen LogP contribution in [0.3, 0.4) is 0 Å². The van der Waals surface area contributed by atoms with E-state index in [0.29, 0.717) is 45.5 Å². The second kappa shape index (κ2) is 13.4. The van der Waals surface area contributed by atoms with Gasteiger partial charge in [-0.25, -0.2) is 4.98 Å². The summed E-state index contributed by atoms with van der Waals surface area (Å²) in [4.78, 5) is 18.5. The summed E-state index contributed by atoms with van der Waals surface area (Å²) in [5, 5.41) is 6.23. The number of hydrogen-bond acceptors (Lipinski definition) is 5. The van der Waals surface area contributed by atoms with Gasteiger partial charge in [-0.1, -0.05) is 66.7 Å². The Kier molecular flexibility index (Phi) is 9.42. The van der Waals surface area contributed by atoms with Gasteiger partial charge in [0.1, 0.15) is 12.4 Å². The Hall–Kier alpha value is -3.61. The summed E-state index contributed by atoms with van der Waals surface area (Å²) in [5.74, 6) is 2.14. The van der Waals surface area contributed by atoms with Crippen molar-refractivity contribution >= 4 is 40.3 Å². The molecule has 4 aromatic rings. The standard InChI is InChI=1S/C33H33Cl2N3O3/c1-3-10-25-17-23(19-30(40-4-2)31(25)41-21-22-15-16-27(34)28(35)18-22)20-36-38-32(24-11-6-5-7-12-24)37-29-14-9-8-13-26(29)33(38)39/h3,8-9,13-20,24H,1,4-7,10-12,21H2,2H3. The molecule has 1 aromatic heterocycles. The Labute approximate surface area is 250 Å². The molecule has 3 aromatic carbocycles. The number of halogens is 2. The van der Waals surface area contributed by atoms with Gasteiger partial charge in [-0.15, -0.1) is 6.58 Å². The number of allylic oxidation sites excluding steroid dienone is 1. The summed E-state index contributed by atoms with van der Waals surface area (Å²) < 4.78 is 13.7. The highest BCUT2D eigenvalue weighted by atomic mass is 35.5. The van der Waals surface area contributed by atoms with E-state index >= 15 is 0 Å². The van der Waals surface area contributed by atoms with Gasteiger partial charge in [0.2, 0.25) is 0 Å². The molecule has 1 saturated carbocycles. The number of aromatic nitrogens is 2. The molecule has 0 bridgehead atoms. The second-order valence-electron chi connectivity index (χ2n) is 10.2. The van der Waals surface area contributed by atoms with Crippen molar-refractivity contribution in [1.29, 1.82) is 0 Å². The normalized spacial score (nSPS) is 14.0. The first-order valence-corrected chi connectivity index (χ1v) is 14.8. The summed E-state index contributed by atoms with van der Waals surface area (Å²) in [6, 6.07) is 16.7. The van der Waals surface area contributed by atoms with E-state index in [-0.39, 0.29) is 18.1 Å². The molecule has 0 radical (unpaired) electrons. The van der Waals surface area contributed by atoms with Crippen LogP contribution in [0, 0.1) is 0 Å². The maximum Gasteiger partial charge on any atom is 0.282 e. The number of hydrogen-bond donors (Lipinski definition) is 0. The number of benzene rings is 3. The topological polar surface area (TPSA) is 65.7 Å². The highest BCUT2D eigenvalue weighted by Gasteiger charge is 2.22. The molecule has 1 aliphatic carbocycles. The van der Waals surface area contributed by atoms with Crippen LogP contribution < -0.4 is 15.0 Å². The van der Waals surface area contributed by atoms with Crippen LogP contribution in [0.25, 0.3) is 10.9 Å². The highest BCUT2D eigenvalue weighted by Crippen LogP contribution is 2.35. The van der Waals surface area contributed by atoms with Crippen LogP contribution >= 0.6 is 23.2 Å². The zero-order chi connectivity index (χ0) is 28.8. The van der Waals surface area contributed by atoms with Gasteiger partial charge in [0.15, 0.2) is 11.5 Å². The third kappa shape index (κ3) is 6.66. The van der Waals surface area contributed by atoms with E-state index in [4.69, 9.17) is 42.8 Å². The van der Waals surface area contributed by atoms with Crippen LogP contribution in [0.2, 0.25) is 10.0 Å². The number of rotatable bonds is 10. The van der Waals surface area contributed by atoms with E-state index in [1.54, 1.807) is 24.4 Å². The average molecular weight is 591 g/mol. The molecule has 0 unspecified atom stereocenters. The third-order valence-electron chi connectivity index (χ3n) is 7.26. The van der Waals surface area contributed by atoms with E-state index in [1.807, 2.05) is 49.4 Å². The van der Waals surface area contributed by atoms with Crippen LogP contribution in [0.1, 0.15) is 67.5 Å². The molecule has 0 aliphatic heterocycles. The van der Waals surface area contributed by atoms with E-state index in [1.165, 1.54) is 11.1 Å². The van der Waals surface area contributed by atoms with E-state index in [0.717, 1.165) is 48.2 Å². The highest BCUT2D eigenvalue weighted by molar-refractivity contribution is 6.42. The number of nitrogens with zero attached hydrogens (tertiary/aromatic N) is 3. The minimum atomic E-state index is -0.162. The first kappa shape index (κ1) is 28.9. The number of para-hydroxylation sites is 1. The maximum absolute atomic E-state index is 13.6. The summed E-state index contributed by atoms with van der Waals surface area (Å²) >= 11 is 12.3. The smallest absolute Gasteiger partial charge is 0.282 e. The Morgan fingerprint density at radius 2 is 1.85 bits per heavy atom. The molecule has 0 spiro atoms. The molecule has 0 amide bonds. The van der Waals surface area contributed by atoms with Crippen LogP contribution in [-0.4, -0.2) is 22.5 Å². The predicted molar refractivity (Wildman–Crippen MR) is 167 cm³/mol. The monoisotopic (exact) mass is 589 g/mol. The van der Waals surface area contributed by atoms with Gasteiger partial charge in [0.05, 0.1) is 33.8 Å². The zero-order valence-electron chi connectivity index (χ0n) is 23.1. The van der Waals surface area contributed by atoms with Crippen LogP contribution in [0.15, 0.2) is 77.1 Å². The first-order chi connectivity index (χ1) is 20.0. The van der Waals surface area contributed by atoms with E-state index in [2.05, 4.69) is 6.58 Å². The zero-order valence-corrected chi connectivity index (χ0v) is 24.6. The van der Waals surface area contributed by atoms with Crippen molar-refractivity contribution in [3.63, 3.8) is 0 Å². The average Bonchev–Trinajstić information content (AvgIpc) is 2.98. The number of fused-ring (bicyclic) bond motifs is 1. The Morgan fingerprint density at radius 3 is 2.61 bits per heavy atom. The SMILES string of the molecule is C=CCc1cc(C=Nn2c(C3CCCCC3)nc3ccccc3c2=O)cc(OCC)c1OCc1ccc(Cl)c(Cl)c1. The fourth-order valence-corrected chi connectivity index (χ4v) is 5.60. The van der Waals surface area contributed by atoms with Gasteiger partial charge >= 0.3 is 0 Å². The van der Waals surface area contributed by atoms with Gasteiger partial charge in [-0.05, 0) is 73.7 Å². The van der Waals surface area contributed by atoms with Gasteiger partial charge < -0.3 is 9.47 Å². The molecule has 41 heavy (non-hydrogen) atoms. The molecule has 1 aliphatic rings. The van der Waals surface area contributed by atoms with Gasteiger partial charge in [-0.3, -0.25) is 4.79 Å². The molecule has 212 valence electrons. The fourth-order valence-electron chi connectivity index (χ4n) is 5.28. The third-order valence-corrected chi connectivity index (χ3v) is 8.00. The first-order valence-electron chi connectivity index (χ1n) is 14.0. The molecule has 5 rings (SSSR count). The van der Waals surface area contributed by atoms with Crippen molar-refractivity contribution in [1.82, 2.24) is 9.66 Å². The minimum Gasteiger partial charge on any atom is -0.490 e. The molecule has 1 fully saturated rings. The second-order valence-corrected chi connectivity index (χ2v) is 11.0. The Bertz CT molecular complexity index is 1640. The predicted octanol–water partition coefficient (Wildman–Crippen LogP) is 8.34. The molecule has 1 heterocycles. The molecule has 0 atom stereocenters. The molecule has 0 N–H and O–H groups in total. The van der Waals surface area contributed by atoms with Crippen molar-refractivity contribution in [2.45, 2.75) is 58.0 Å². The van der Waals surface area contributed by atoms with Crippen molar-refractivity contribution in [2.75, 3.05) is 6.61 Å². The fraction of sp³-hybridized carbons (Fsp3) is 0.303. The van der Waals surface area contributed by atoms with Crippen molar-refractivity contribution < 1.29 is 9.47 Å². The lowest BCUT2D eigenvalue weighted by atomic mass is 9.88. The molecule has 0 saturated heterocycles. The summed E-state index contributed by atoms with van der Waals surface area (Å²) in [5.41, 5.74) is 3.10. The Morgan fingerprint density at radius 1 is 1.05 bits per heavy atom. The Balaban J connectivity index is 1.53. The lowest BCUT2D eigenvalue weighted by Crippen LogP contribution is -2.25. The van der Waals surface area contributed by atoms with Crippen molar-refractivity contribution in [2.24, 2.45) is 5.10 Å². The summed E-state index contributed by atoms with van der Waals surface area (Å²) in [6.45, 7) is 6.59. The van der Waals surface area contributed by atoms with Crippen molar-refractivity contribution in [3.05, 3.63) is 110 Å². The molecular weight excluding hydrogens is 557 g/mol. The van der Waals surface area contributed by atoms with Crippen LogP contribution in [-0.2, 0) is 13.0 Å². The summed E-state index contributed by atoms with van der Waals surface area (Å²) in [6.07, 6.45) is 9.55. The molecule has 6 nitrogen and oxygen atoms in total. The van der Waals surface area contributed by atoms with Crippen LogP contribution in [0.4, 0.5) is 0 Å². The van der Waals surface area contributed by atoms with E-state index in [9.17, 15) is 4.79 Å². The van der Waals surface area contributed by atoms with Gasteiger partial charge in [-0.2, -0.15) is 9.78 Å². The van der Waals surface area contributed by atoms with E-state index < -0.39 is 0 Å². The number of ether oxygens (including phenoxy) is 2. The van der Waals surface area contributed by atoms with Gasteiger partial charge in [0, 0.05) is 11.5 Å². The maximum atomic E-state index is 13.6. The van der Waals surface area contributed by atoms with Gasteiger partial charge in [0.25, 0.3) is 5.56 Å². The largest absolute Gasteiger partial charge is 0.490 e. The lowest BCUT2D eigenvalue weighted by Gasteiger charge is -2.22.